The summed E-state index contributed by atoms with van der Waals surface area (Å²) >= 11 is 0. The van der Waals surface area contributed by atoms with E-state index in [4.69, 9.17) is 10.5 Å². The number of carbonyl (C=O) groups is 2. The summed E-state index contributed by atoms with van der Waals surface area (Å²) in [5.74, 6) is 1.08. The molecule has 0 saturated carbocycles. The van der Waals surface area contributed by atoms with Gasteiger partial charge >= 0.3 is 0 Å². The second-order valence-electron chi connectivity index (χ2n) is 8.76. The molecule has 8 heteroatoms. The Balaban J connectivity index is 1.59. The average molecular weight is 494 g/mol. The molecule has 2 aromatic heterocycles. The van der Waals surface area contributed by atoms with Crippen LogP contribution >= 0.6 is 0 Å². The van der Waals surface area contributed by atoms with Gasteiger partial charge in [-0.2, -0.15) is 0 Å². The number of hydrogen-bond donors (Lipinski definition) is 3. The maximum Gasteiger partial charge on any atom is 0.253 e. The lowest BCUT2D eigenvalue weighted by Crippen LogP contribution is -2.21. The Hall–Kier alpha value is -4.85. The first-order valence-corrected chi connectivity index (χ1v) is 12.0. The molecule has 1 aliphatic heterocycles. The summed E-state index contributed by atoms with van der Waals surface area (Å²) < 4.78 is 8.02. The first kappa shape index (κ1) is 23.9. The maximum absolute atomic E-state index is 12.7. The van der Waals surface area contributed by atoms with Gasteiger partial charge < -0.3 is 25.7 Å². The van der Waals surface area contributed by atoms with E-state index < -0.39 is 5.91 Å². The molecule has 37 heavy (non-hydrogen) atoms. The van der Waals surface area contributed by atoms with Crippen molar-refractivity contribution in [2.75, 3.05) is 17.2 Å². The van der Waals surface area contributed by atoms with Gasteiger partial charge in [0.2, 0.25) is 11.8 Å². The molecule has 0 aliphatic carbocycles. The van der Waals surface area contributed by atoms with Crippen LogP contribution in [0, 0.1) is 6.92 Å². The van der Waals surface area contributed by atoms with Crippen LogP contribution in [0.4, 0.5) is 11.5 Å². The first-order chi connectivity index (χ1) is 17.9. The Labute approximate surface area is 214 Å². The third kappa shape index (κ3) is 4.81. The van der Waals surface area contributed by atoms with Crippen molar-refractivity contribution in [2.24, 2.45) is 5.73 Å². The number of anilines is 2. The van der Waals surface area contributed by atoms with Gasteiger partial charge in [0.25, 0.3) is 5.91 Å². The monoisotopic (exact) mass is 493 g/mol. The number of benzene rings is 2. The van der Waals surface area contributed by atoms with Crippen molar-refractivity contribution in [3.05, 3.63) is 90.6 Å². The van der Waals surface area contributed by atoms with Gasteiger partial charge in [-0.3, -0.25) is 9.59 Å². The highest BCUT2D eigenvalue weighted by atomic mass is 16.5. The molecule has 2 amide bonds. The van der Waals surface area contributed by atoms with Crippen LogP contribution in [0.15, 0.2) is 79.4 Å². The summed E-state index contributed by atoms with van der Waals surface area (Å²) in [6, 6.07) is 20.6. The predicted octanol–water partition coefficient (Wildman–Crippen LogP) is 5.36. The molecule has 0 radical (unpaired) electrons. The number of pyridine rings is 1. The number of amides is 2. The Morgan fingerprint density at radius 1 is 1.08 bits per heavy atom. The highest BCUT2D eigenvalue weighted by molar-refractivity contribution is 6.09. The topological polar surface area (TPSA) is 111 Å². The van der Waals surface area contributed by atoms with Crippen LogP contribution in [-0.4, -0.2) is 27.9 Å². The third-order valence-electron chi connectivity index (χ3n) is 6.20. The number of aryl methyl sites for hydroxylation is 1. The van der Waals surface area contributed by atoms with E-state index in [1.807, 2.05) is 67.6 Å². The van der Waals surface area contributed by atoms with Crippen LogP contribution in [0.25, 0.3) is 22.4 Å². The lowest BCUT2D eigenvalue weighted by atomic mass is 9.97. The number of aromatic nitrogens is 2. The summed E-state index contributed by atoms with van der Waals surface area (Å²) in [5.41, 5.74) is 11.3. The van der Waals surface area contributed by atoms with Crippen LogP contribution in [0.2, 0.25) is 0 Å². The van der Waals surface area contributed by atoms with Crippen LogP contribution < -0.4 is 21.1 Å². The first-order valence-electron chi connectivity index (χ1n) is 12.0. The molecular formula is C29H27N5O3. The largest absolute Gasteiger partial charge is 0.439 e. The van der Waals surface area contributed by atoms with E-state index in [-0.39, 0.29) is 5.91 Å². The lowest BCUT2D eigenvalue weighted by Gasteiger charge is -2.20. The Morgan fingerprint density at radius 3 is 2.49 bits per heavy atom. The van der Waals surface area contributed by atoms with Gasteiger partial charge in [0.05, 0.1) is 11.3 Å². The van der Waals surface area contributed by atoms with Crippen molar-refractivity contribution < 1.29 is 14.3 Å². The fourth-order valence-corrected chi connectivity index (χ4v) is 4.58. The van der Waals surface area contributed by atoms with Gasteiger partial charge in [0, 0.05) is 36.1 Å². The number of fused-ring (bicyclic) bond motifs is 1. The van der Waals surface area contributed by atoms with Crippen molar-refractivity contribution >= 4 is 23.3 Å². The minimum absolute atomic E-state index is 0.281. The van der Waals surface area contributed by atoms with Gasteiger partial charge in [-0.25, -0.2) is 4.98 Å². The smallest absolute Gasteiger partial charge is 0.253 e. The second kappa shape index (κ2) is 10.0. The molecule has 186 valence electrons. The SMILES string of the molecule is C=CC(=O)Nc1ccc(-c2c(-c3ccc(Oc4cccc(C)n4)cc3)c(C(N)=O)c3n2CCCN3)cc1. The highest BCUT2D eigenvalue weighted by Crippen LogP contribution is 2.43. The number of ether oxygens (including phenoxy) is 1. The number of carbonyl (C=O) groups excluding carboxylic acids is 2. The quantitative estimate of drug-likeness (QED) is 0.300. The number of nitrogens with zero attached hydrogens (tertiary/aromatic N) is 2. The Morgan fingerprint density at radius 2 is 1.81 bits per heavy atom. The molecule has 0 saturated heterocycles. The van der Waals surface area contributed by atoms with Gasteiger partial charge in [-0.05, 0) is 60.9 Å². The molecule has 8 nitrogen and oxygen atoms in total. The molecule has 5 rings (SSSR count). The number of rotatable bonds is 7. The fourth-order valence-electron chi connectivity index (χ4n) is 4.58. The molecule has 4 N–H and O–H groups in total. The normalized spacial score (nSPS) is 12.2. The number of nitrogens with two attached hydrogens (primary N) is 1. The van der Waals surface area contributed by atoms with Crippen molar-refractivity contribution in [1.82, 2.24) is 9.55 Å². The second-order valence-corrected chi connectivity index (χ2v) is 8.76. The van der Waals surface area contributed by atoms with Crippen LogP contribution in [0.3, 0.4) is 0 Å². The minimum Gasteiger partial charge on any atom is -0.439 e. The van der Waals surface area contributed by atoms with E-state index >= 15 is 0 Å². The van der Waals surface area contributed by atoms with Gasteiger partial charge in [0.1, 0.15) is 11.6 Å². The van der Waals surface area contributed by atoms with Crippen molar-refractivity contribution in [3.63, 3.8) is 0 Å². The zero-order valence-electron chi connectivity index (χ0n) is 20.5. The van der Waals surface area contributed by atoms with E-state index in [0.717, 1.165) is 53.4 Å². The molecular weight excluding hydrogens is 466 g/mol. The third-order valence-corrected chi connectivity index (χ3v) is 6.20. The Bertz CT molecular complexity index is 1490. The maximum atomic E-state index is 12.7. The highest BCUT2D eigenvalue weighted by Gasteiger charge is 2.29. The average Bonchev–Trinajstić information content (AvgIpc) is 3.25. The van der Waals surface area contributed by atoms with Gasteiger partial charge in [0.15, 0.2) is 0 Å². The standard InChI is InChI=1S/C29H27N5O3/c1-3-23(35)33-21-12-8-20(9-13-21)27-25(26(28(30)36)29-31-16-5-17-34(27)29)19-10-14-22(15-11-19)37-24-7-4-6-18(2)32-24/h3-4,6-15,31H,1,5,16-17H2,2H3,(H2,30,36)(H,33,35). The number of nitrogens with one attached hydrogen (secondary N) is 2. The van der Waals surface area contributed by atoms with E-state index in [0.29, 0.717) is 22.9 Å². The molecule has 0 atom stereocenters. The van der Waals surface area contributed by atoms with E-state index in [2.05, 4.69) is 26.8 Å². The fraction of sp³-hybridized carbons (Fsp3) is 0.138. The number of hydrogen-bond acceptors (Lipinski definition) is 5. The van der Waals surface area contributed by atoms with Crippen LogP contribution in [0.5, 0.6) is 11.6 Å². The molecule has 0 spiro atoms. The van der Waals surface area contributed by atoms with E-state index in [9.17, 15) is 9.59 Å². The summed E-state index contributed by atoms with van der Waals surface area (Å²) in [7, 11) is 0. The van der Waals surface area contributed by atoms with Gasteiger partial charge in [-0.15, -0.1) is 0 Å². The number of primary amides is 1. The van der Waals surface area contributed by atoms with Crippen molar-refractivity contribution in [3.8, 4) is 34.0 Å². The van der Waals surface area contributed by atoms with Gasteiger partial charge in [-0.1, -0.05) is 36.9 Å². The molecule has 4 aromatic rings. The lowest BCUT2D eigenvalue weighted by molar-refractivity contribution is -0.111. The molecule has 2 aromatic carbocycles. The van der Waals surface area contributed by atoms with E-state index in [1.165, 1.54) is 6.08 Å². The summed E-state index contributed by atoms with van der Waals surface area (Å²) in [6.07, 6.45) is 2.14. The van der Waals surface area contributed by atoms with E-state index in [1.54, 1.807) is 6.07 Å². The summed E-state index contributed by atoms with van der Waals surface area (Å²) in [4.78, 5) is 28.8. The van der Waals surface area contributed by atoms with Crippen LogP contribution in [0.1, 0.15) is 22.5 Å². The molecule has 0 fully saturated rings. The predicted molar refractivity (Wildman–Crippen MR) is 145 cm³/mol. The molecule has 1 aliphatic rings. The van der Waals surface area contributed by atoms with Crippen molar-refractivity contribution in [1.29, 1.82) is 0 Å². The zero-order valence-corrected chi connectivity index (χ0v) is 20.5. The van der Waals surface area contributed by atoms with Crippen LogP contribution in [-0.2, 0) is 11.3 Å². The minimum atomic E-state index is -0.501. The zero-order chi connectivity index (χ0) is 25.9. The molecule has 0 unspecified atom stereocenters. The molecule has 3 heterocycles. The summed E-state index contributed by atoms with van der Waals surface area (Å²) in [6.45, 7) is 6.90. The van der Waals surface area contributed by atoms with Crippen molar-refractivity contribution in [2.45, 2.75) is 19.9 Å². The summed E-state index contributed by atoms with van der Waals surface area (Å²) in [5, 5.41) is 6.13. The Kier molecular flexibility index (Phi) is 6.47. The molecule has 0 bridgehead atoms.